The van der Waals surface area contributed by atoms with Gasteiger partial charge in [-0.3, -0.25) is 0 Å². The van der Waals surface area contributed by atoms with Gasteiger partial charge in [-0.25, -0.2) is 0 Å². The zero-order chi connectivity index (χ0) is 21.0. The summed E-state index contributed by atoms with van der Waals surface area (Å²) in [6.07, 6.45) is 2.23. The first-order valence-corrected chi connectivity index (χ1v) is 11.0. The van der Waals surface area contributed by atoms with E-state index in [1.807, 2.05) is 0 Å². The second kappa shape index (κ2) is 6.93. The van der Waals surface area contributed by atoms with Gasteiger partial charge in [0.2, 0.25) is 0 Å². The monoisotopic (exact) mass is 389 g/mol. The smallest absolute Gasteiger partial charge is 0.134 e. The predicted octanol–water partition coefficient (Wildman–Crippen LogP) is 7.51. The van der Waals surface area contributed by atoms with Gasteiger partial charge in [0.05, 0.1) is 0 Å². The summed E-state index contributed by atoms with van der Waals surface area (Å²) in [5.74, 6) is 1.67. The number of para-hydroxylation sites is 1. The lowest BCUT2D eigenvalue weighted by molar-refractivity contribution is 0.373. The number of fused-ring (bicyclic) bond motifs is 1. The third-order valence-corrected chi connectivity index (χ3v) is 6.97. The Balaban J connectivity index is 1.80. The molecule has 2 nitrogen and oxygen atoms in total. The topological polar surface area (TPSA) is 16.4 Å². The Bertz CT molecular complexity index is 1010. The van der Waals surface area contributed by atoms with Crippen molar-refractivity contribution >= 4 is 16.7 Å². The average Bonchev–Trinajstić information content (AvgIpc) is 3.19. The van der Waals surface area contributed by atoms with Crippen molar-refractivity contribution in [2.75, 3.05) is 11.4 Å². The molecule has 0 saturated carbocycles. The molecule has 2 aromatic carbocycles. The van der Waals surface area contributed by atoms with Crippen molar-refractivity contribution in [2.45, 2.75) is 78.2 Å². The van der Waals surface area contributed by atoms with Crippen LogP contribution in [0, 0.1) is 13.8 Å². The Labute approximate surface area is 175 Å². The summed E-state index contributed by atoms with van der Waals surface area (Å²) in [5, 5.41) is 1.20. The van der Waals surface area contributed by atoms with Crippen LogP contribution in [0.1, 0.15) is 75.8 Å². The molecule has 1 aliphatic rings. The molecular formula is C27H35NO. The quantitative estimate of drug-likeness (QED) is 0.459. The van der Waals surface area contributed by atoms with Gasteiger partial charge < -0.3 is 9.32 Å². The molecule has 3 aromatic rings. The van der Waals surface area contributed by atoms with Crippen LogP contribution in [-0.2, 0) is 5.41 Å². The molecule has 0 amide bonds. The van der Waals surface area contributed by atoms with Crippen molar-refractivity contribution < 1.29 is 4.42 Å². The van der Waals surface area contributed by atoms with Crippen molar-refractivity contribution in [3.05, 3.63) is 64.9 Å². The predicted molar refractivity (Wildman–Crippen MR) is 124 cm³/mol. The largest absolute Gasteiger partial charge is 0.460 e. The fraction of sp³-hybridized carbons (Fsp3) is 0.481. The van der Waals surface area contributed by atoms with E-state index in [9.17, 15) is 0 Å². The van der Waals surface area contributed by atoms with Crippen LogP contribution in [-0.4, -0.2) is 12.1 Å². The Morgan fingerprint density at radius 1 is 1.07 bits per heavy atom. The number of aryl methyl sites for hydroxylation is 2. The summed E-state index contributed by atoms with van der Waals surface area (Å²) >= 11 is 0. The maximum absolute atomic E-state index is 6.35. The third kappa shape index (κ3) is 3.37. The number of hydrogen-bond donors (Lipinski definition) is 0. The molecule has 1 saturated heterocycles. The minimum atomic E-state index is -0.00737. The maximum atomic E-state index is 6.35. The molecule has 2 heteroatoms. The zero-order valence-electron chi connectivity index (χ0n) is 19.1. The fourth-order valence-electron chi connectivity index (χ4n) is 5.45. The minimum absolute atomic E-state index is 0.00737. The van der Waals surface area contributed by atoms with E-state index in [1.54, 1.807) is 0 Å². The highest BCUT2D eigenvalue weighted by molar-refractivity contribution is 5.78. The molecule has 4 rings (SSSR count). The standard InChI is InChI=1S/C27H35NO/c1-8-19(3)22-14-18(2)13-20(4)25(22)28-17-27(7,16-26(28,5)6)24-15-21-11-9-10-12-23(21)29-24/h9-15,19H,8,16-17H2,1-7H3. The molecule has 2 atom stereocenters. The molecule has 29 heavy (non-hydrogen) atoms. The number of furan rings is 1. The number of hydrogen-bond acceptors (Lipinski definition) is 2. The van der Waals surface area contributed by atoms with Gasteiger partial charge in [0.25, 0.3) is 0 Å². The van der Waals surface area contributed by atoms with Gasteiger partial charge in [-0.2, -0.15) is 0 Å². The molecule has 2 heterocycles. The van der Waals surface area contributed by atoms with Crippen molar-refractivity contribution in [3.8, 4) is 0 Å². The lowest BCUT2D eigenvalue weighted by atomic mass is 9.81. The van der Waals surface area contributed by atoms with E-state index in [0.29, 0.717) is 5.92 Å². The number of anilines is 1. The zero-order valence-corrected chi connectivity index (χ0v) is 19.1. The van der Waals surface area contributed by atoms with E-state index in [-0.39, 0.29) is 11.0 Å². The van der Waals surface area contributed by atoms with Gasteiger partial charge in [0, 0.05) is 28.6 Å². The Morgan fingerprint density at radius 3 is 2.48 bits per heavy atom. The highest BCUT2D eigenvalue weighted by atomic mass is 16.3. The Morgan fingerprint density at radius 2 is 1.79 bits per heavy atom. The summed E-state index contributed by atoms with van der Waals surface area (Å²) in [7, 11) is 0. The SMILES string of the molecule is CCC(C)c1cc(C)cc(C)c1N1CC(C)(c2cc3ccccc3o2)CC1(C)C. The van der Waals surface area contributed by atoms with Crippen LogP contribution in [0.15, 0.2) is 46.9 Å². The van der Waals surface area contributed by atoms with Crippen LogP contribution in [0.4, 0.5) is 5.69 Å². The summed E-state index contributed by atoms with van der Waals surface area (Å²) in [6, 6.07) is 15.4. The summed E-state index contributed by atoms with van der Waals surface area (Å²) in [5.41, 5.74) is 6.73. The first-order chi connectivity index (χ1) is 13.6. The number of nitrogens with zero attached hydrogens (tertiary/aromatic N) is 1. The van der Waals surface area contributed by atoms with Crippen molar-refractivity contribution in [1.82, 2.24) is 0 Å². The number of benzene rings is 2. The summed E-state index contributed by atoms with van der Waals surface area (Å²) in [4.78, 5) is 2.66. The van der Waals surface area contributed by atoms with Crippen LogP contribution in [0.3, 0.4) is 0 Å². The van der Waals surface area contributed by atoms with Gasteiger partial charge in [0.1, 0.15) is 11.3 Å². The second-order valence-electron chi connectivity index (χ2n) is 10.1. The highest BCUT2D eigenvalue weighted by Crippen LogP contribution is 2.49. The summed E-state index contributed by atoms with van der Waals surface area (Å²) < 4.78 is 6.35. The fourth-order valence-corrected chi connectivity index (χ4v) is 5.45. The maximum Gasteiger partial charge on any atom is 0.134 e. The van der Waals surface area contributed by atoms with Crippen molar-refractivity contribution in [2.24, 2.45) is 0 Å². The molecule has 0 N–H and O–H groups in total. The Hall–Kier alpha value is -2.22. The molecule has 0 aliphatic carbocycles. The third-order valence-electron chi connectivity index (χ3n) is 6.97. The van der Waals surface area contributed by atoms with E-state index >= 15 is 0 Å². The molecule has 1 aliphatic heterocycles. The first-order valence-electron chi connectivity index (χ1n) is 11.0. The van der Waals surface area contributed by atoms with Crippen LogP contribution in [0.25, 0.3) is 11.0 Å². The molecule has 0 radical (unpaired) electrons. The van der Waals surface area contributed by atoms with Crippen molar-refractivity contribution in [3.63, 3.8) is 0 Å². The minimum Gasteiger partial charge on any atom is -0.460 e. The van der Waals surface area contributed by atoms with E-state index in [4.69, 9.17) is 4.42 Å². The van der Waals surface area contributed by atoms with Gasteiger partial charge >= 0.3 is 0 Å². The molecule has 2 unspecified atom stereocenters. The second-order valence-corrected chi connectivity index (χ2v) is 10.1. The molecule has 1 fully saturated rings. The molecular weight excluding hydrogens is 354 g/mol. The first kappa shape index (κ1) is 20.1. The molecule has 154 valence electrons. The van der Waals surface area contributed by atoms with Gasteiger partial charge in [-0.05, 0) is 69.7 Å². The lowest BCUT2D eigenvalue weighted by Crippen LogP contribution is -2.39. The normalized spacial score (nSPS) is 22.4. The van der Waals surface area contributed by atoms with E-state index in [1.165, 1.54) is 27.8 Å². The van der Waals surface area contributed by atoms with Gasteiger partial charge in [-0.1, -0.05) is 56.7 Å². The summed E-state index contributed by atoms with van der Waals surface area (Å²) in [6.45, 7) is 17.3. The van der Waals surface area contributed by atoms with E-state index in [0.717, 1.165) is 30.7 Å². The molecule has 0 spiro atoms. The highest BCUT2D eigenvalue weighted by Gasteiger charge is 2.49. The molecule has 0 bridgehead atoms. The molecule has 1 aromatic heterocycles. The number of rotatable bonds is 4. The Kier molecular flexibility index (Phi) is 4.80. The van der Waals surface area contributed by atoms with Crippen LogP contribution in [0.2, 0.25) is 0 Å². The van der Waals surface area contributed by atoms with E-state index in [2.05, 4.69) is 95.8 Å². The van der Waals surface area contributed by atoms with Gasteiger partial charge in [0.15, 0.2) is 0 Å². The van der Waals surface area contributed by atoms with Crippen LogP contribution >= 0.6 is 0 Å². The van der Waals surface area contributed by atoms with Crippen LogP contribution in [0.5, 0.6) is 0 Å². The lowest BCUT2D eigenvalue weighted by Gasteiger charge is -2.37. The van der Waals surface area contributed by atoms with Crippen LogP contribution < -0.4 is 4.90 Å². The van der Waals surface area contributed by atoms with Gasteiger partial charge in [-0.15, -0.1) is 0 Å². The van der Waals surface area contributed by atoms with E-state index < -0.39 is 0 Å². The average molecular weight is 390 g/mol. The van der Waals surface area contributed by atoms with Crippen molar-refractivity contribution in [1.29, 1.82) is 0 Å².